The van der Waals surface area contributed by atoms with Crippen molar-refractivity contribution in [1.82, 2.24) is 0 Å². The molecule has 0 aliphatic rings. The van der Waals surface area contributed by atoms with Crippen molar-refractivity contribution in [3.05, 3.63) is 59.7 Å². The summed E-state index contributed by atoms with van der Waals surface area (Å²) in [6.45, 7) is 0. The molecule has 0 aliphatic heterocycles. The Morgan fingerprint density at radius 3 is 2.22 bits per heavy atom. The van der Waals surface area contributed by atoms with E-state index in [2.05, 4.69) is 4.74 Å². The van der Waals surface area contributed by atoms with Gasteiger partial charge < -0.3 is 10.5 Å². The molecule has 2 N–H and O–H groups in total. The molecule has 0 aromatic heterocycles. The van der Waals surface area contributed by atoms with E-state index in [0.717, 1.165) is 36.1 Å². The van der Waals surface area contributed by atoms with Gasteiger partial charge >= 0.3 is 12.5 Å². The highest BCUT2D eigenvalue weighted by molar-refractivity contribution is 5.40. The first-order valence-electron chi connectivity index (χ1n) is 7.15. The van der Waals surface area contributed by atoms with Crippen molar-refractivity contribution in [1.29, 1.82) is 0 Å². The standard InChI is InChI=1S/C17H17F4NO/c18-16(17(19,20)21)23-15-9-7-12(8-10-15)3-1-4-13-5-2-6-14(22)11-13/h2,5-11,16H,1,3-4,22H2. The van der Waals surface area contributed by atoms with E-state index in [0.29, 0.717) is 0 Å². The van der Waals surface area contributed by atoms with Crippen molar-refractivity contribution in [3.8, 4) is 5.75 Å². The SMILES string of the molecule is Nc1cccc(CCCc2ccc(OC(F)C(F)(F)F)cc2)c1. The Hall–Kier alpha value is -2.24. The Balaban J connectivity index is 1.83. The molecule has 0 radical (unpaired) electrons. The lowest BCUT2D eigenvalue weighted by molar-refractivity contribution is -0.236. The first-order valence-corrected chi connectivity index (χ1v) is 7.15. The Labute approximate surface area is 131 Å². The minimum atomic E-state index is -5.02. The molecule has 0 bridgehead atoms. The monoisotopic (exact) mass is 327 g/mol. The first-order chi connectivity index (χ1) is 10.8. The van der Waals surface area contributed by atoms with E-state index >= 15 is 0 Å². The zero-order chi connectivity index (χ0) is 16.9. The lowest BCUT2D eigenvalue weighted by atomic mass is 10.0. The van der Waals surface area contributed by atoms with Crippen LogP contribution in [0.1, 0.15) is 17.5 Å². The van der Waals surface area contributed by atoms with Crippen LogP contribution in [0.25, 0.3) is 0 Å². The predicted octanol–water partition coefficient (Wildman–Crippen LogP) is 4.68. The fourth-order valence-electron chi connectivity index (χ4n) is 2.17. The van der Waals surface area contributed by atoms with E-state index < -0.39 is 12.5 Å². The number of nitrogens with two attached hydrogens (primary N) is 1. The highest BCUT2D eigenvalue weighted by atomic mass is 19.4. The molecule has 23 heavy (non-hydrogen) atoms. The van der Waals surface area contributed by atoms with Crippen LogP contribution in [-0.2, 0) is 12.8 Å². The average Bonchev–Trinajstić information content (AvgIpc) is 2.48. The number of anilines is 1. The van der Waals surface area contributed by atoms with E-state index in [1.54, 1.807) is 12.1 Å². The van der Waals surface area contributed by atoms with Crippen LogP contribution in [0.5, 0.6) is 5.75 Å². The van der Waals surface area contributed by atoms with Gasteiger partial charge in [-0.3, -0.25) is 0 Å². The Kier molecular flexibility index (Phi) is 5.47. The summed E-state index contributed by atoms with van der Waals surface area (Å²) >= 11 is 0. The Morgan fingerprint density at radius 2 is 1.61 bits per heavy atom. The third-order valence-electron chi connectivity index (χ3n) is 3.30. The Bertz CT molecular complexity index is 625. The average molecular weight is 327 g/mol. The fraction of sp³-hybridized carbons (Fsp3) is 0.294. The number of alkyl halides is 4. The van der Waals surface area contributed by atoms with E-state index in [-0.39, 0.29) is 5.75 Å². The summed E-state index contributed by atoms with van der Waals surface area (Å²) in [5, 5.41) is 0. The maximum atomic E-state index is 12.8. The minimum Gasteiger partial charge on any atom is -0.452 e. The number of rotatable bonds is 6. The summed E-state index contributed by atoms with van der Waals surface area (Å²) in [6, 6.07) is 13.6. The van der Waals surface area contributed by atoms with Gasteiger partial charge in [-0.25, -0.2) is 0 Å². The third-order valence-corrected chi connectivity index (χ3v) is 3.30. The summed E-state index contributed by atoms with van der Waals surface area (Å²) in [5.74, 6) is -0.144. The summed E-state index contributed by atoms with van der Waals surface area (Å²) in [7, 11) is 0. The lowest BCUT2D eigenvalue weighted by Crippen LogP contribution is -2.29. The second kappa shape index (κ2) is 7.35. The van der Waals surface area contributed by atoms with Gasteiger partial charge in [0.1, 0.15) is 5.75 Å². The van der Waals surface area contributed by atoms with Crippen LogP contribution >= 0.6 is 0 Å². The molecule has 0 spiro atoms. The summed E-state index contributed by atoms with van der Waals surface area (Å²) < 4.78 is 53.2. The maximum absolute atomic E-state index is 12.8. The molecule has 1 atom stereocenters. The molecular weight excluding hydrogens is 310 g/mol. The van der Waals surface area contributed by atoms with Crippen molar-refractivity contribution in [3.63, 3.8) is 0 Å². The van der Waals surface area contributed by atoms with Gasteiger partial charge in [0.05, 0.1) is 0 Å². The van der Waals surface area contributed by atoms with E-state index in [9.17, 15) is 17.6 Å². The molecule has 2 aromatic carbocycles. The minimum absolute atomic E-state index is 0.144. The second-order valence-corrected chi connectivity index (χ2v) is 5.22. The van der Waals surface area contributed by atoms with Gasteiger partial charge in [-0.1, -0.05) is 24.3 Å². The molecule has 0 amide bonds. The highest BCUT2D eigenvalue weighted by Crippen LogP contribution is 2.26. The lowest BCUT2D eigenvalue weighted by Gasteiger charge is -2.14. The molecule has 0 fully saturated rings. The van der Waals surface area contributed by atoms with Gasteiger partial charge in [0, 0.05) is 5.69 Å². The number of nitrogen functional groups attached to an aromatic ring is 1. The van der Waals surface area contributed by atoms with Crippen LogP contribution in [0.2, 0.25) is 0 Å². The summed E-state index contributed by atoms with van der Waals surface area (Å²) in [4.78, 5) is 0. The Morgan fingerprint density at radius 1 is 0.957 bits per heavy atom. The van der Waals surface area contributed by atoms with Crippen LogP contribution in [-0.4, -0.2) is 12.5 Å². The third kappa shape index (κ3) is 5.47. The van der Waals surface area contributed by atoms with Crippen molar-refractivity contribution >= 4 is 5.69 Å². The van der Waals surface area contributed by atoms with Gasteiger partial charge in [0.2, 0.25) is 0 Å². The van der Waals surface area contributed by atoms with E-state index in [1.807, 2.05) is 24.3 Å². The van der Waals surface area contributed by atoms with E-state index in [1.165, 1.54) is 12.1 Å². The first kappa shape index (κ1) is 17.1. The quantitative estimate of drug-likeness (QED) is 0.617. The summed E-state index contributed by atoms with van der Waals surface area (Å²) in [6.07, 6.45) is -5.84. The van der Waals surface area contributed by atoms with Crippen LogP contribution in [0.15, 0.2) is 48.5 Å². The van der Waals surface area contributed by atoms with Crippen molar-refractivity contribution < 1.29 is 22.3 Å². The van der Waals surface area contributed by atoms with Crippen LogP contribution in [0.4, 0.5) is 23.2 Å². The molecule has 2 rings (SSSR count). The molecule has 0 aliphatic carbocycles. The number of benzene rings is 2. The molecule has 2 aromatic rings. The number of ether oxygens (including phenoxy) is 1. The van der Waals surface area contributed by atoms with Crippen molar-refractivity contribution in [2.75, 3.05) is 5.73 Å². The molecular formula is C17H17F4NO. The number of hydrogen-bond donors (Lipinski definition) is 1. The van der Waals surface area contributed by atoms with Gasteiger partial charge in [-0.05, 0) is 54.7 Å². The molecule has 0 saturated heterocycles. The fourth-order valence-corrected chi connectivity index (χ4v) is 2.17. The summed E-state index contributed by atoms with van der Waals surface area (Å²) in [5.41, 5.74) is 8.50. The van der Waals surface area contributed by atoms with Crippen molar-refractivity contribution in [2.24, 2.45) is 0 Å². The smallest absolute Gasteiger partial charge is 0.452 e. The van der Waals surface area contributed by atoms with Gasteiger partial charge in [0.25, 0.3) is 0 Å². The van der Waals surface area contributed by atoms with Gasteiger partial charge in [0.15, 0.2) is 0 Å². The molecule has 6 heteroatoms. The largest absolute Gasteiger partial charge is 0.457 e. The molecule has 124 valence electrons. The molecule has 2 nitrogen and oxygen atoms in total. The molecule has 1 unspecified atom stereocenters. The van der Waals surface area contributed by atoms with Gasteiger partial charge in [-0.15, -0.1) is 0 Å². The number of aryl methyl sites for hydroxylation is 2. The van der Waals surface area contributed by atoms with E-state index in [4.69, 9.17) is 5.73 Å². The zero-order valence-electron chi connectivity index (χ0n) is 12.3. The van der Waals surface area contributed by atoms with Crippen LogP contribution in [0.3, 0.4) is 0 Å². The number of halogens is 4. The van der Waals surface area contributed by atoms with Crippen LogP contribution < -0.4 is 10.5 Å². The predicted molar refractivity (Wildman–Crippen MR) is 80.9 cm³/mol. The second-order valence-electron chi connectivity index (χ2n) is 5.22. The van der Waals surface area contributed by atoms with Gasteiger partial charge in [-0.2, -0.15) is 17.6 Å². The zero-order valence-corrected chi connectivity index (χ0v) is 12.3. The topological polar surface area (TPSA) is 35.2 Å². The molecule has 0 saturated carbocycles. The van der Waals surface area contributed by atoms with Crippen molar-refractivity contribution in [2.45, 2.75) is 31.8 Å². The number of hydrogen-bond acceptors (Lipinski definition) is 2. The maximum Gasteiger partial charge on any atom is 0.457 e. The van der Waals surface area contributed by atoms with Crippen LogP contribution in [0, 0.1) is 0 Å². The normalized spacial score (nSPS) is 12.9. The highest BCUT2D eigenvalue weighted by Gasteiger charge is 2.42. The molecule has 0 heterocycles.